The van der Waals surface area contributed by atoms with Crippen LogP contribution in [-0.2, 0) is 4.79 Å². The summed E-state index contributed by atoms with van der Waals surface area (Å²) in [5.41, 5.74) is -0.113. The first kappa shape index (κ1) is 17.5. The van der Waals surface area contributed by atoms with E-state index in [1.165, 1.54) is 21.6 Å². The SMILES string of the molecule is CN1[C@H](O)C23C[C@](C)(C#N)C(c4cccc5c4OCO5)N2C(=O)C1(C)SS3. The van der Waals surface area contributed by atoms with Crippen LogP contribution in [0.25, 0.3) is 0 Å². The molecule has 1 spiro atoms. The van der Waals surface area contributed by atoms with E-state index in [1.54, 1.807) is 16.8 Å². The topological polar surface area (TPSA) is 86.0 Å². The molecule has 1 N–H and O–H groups in total. The molecule has 0 saturated carbocycles. The number of benzene rings is 1. The van der Waals surface area contributed by atoms with Crippen LogP contribution < -0.4 is 9.47 Å². The van der Waals surface area contributed by atoms with E-state index in [4.69, 9.17) is 9.47 Å². The van der Waals surface area contributed by atoms with Crippen LogP contribution in [0.1, 0.15) is 31.9 Å². The molecule has 5 aliphatic heterocycles. The number of carbonyl (C=O) groups excluding carboxylic acids is 1. The highest BCUT2D eigenvalue weighted by atomic mass is 33.1. The molecule has 5 heterocycles. The Hall–Kier alpha value is -1.60. The molecule has 1 aromatic rings. The first-order valence-corrected chi connectivity index (χ1v) is 10.8. The average Bonchev–Trinajstić information content (AvgIpc) is 3.24. The number of fused-ring (bicyclic) bond motifs is 3. The predicted molar refractivity (Wildman–Crippen MR) is 101 cm³/mol. The van der Waals surface area contributed by atoms with Crippen LogP contribution in [0.15, 0.2) is 18.2 Å². The number of piperazine rings is 1. The molecule has 4 saturated heterocycles. The van der Waals surface area contributed by atoms with Crippen LogP contribution in [0.2, 0.25) is 0 Å². The van der Waals surface area contributed by atoms with Crippen LogP contribution in [0.3, 0.4) is 0 Å². The van der Waals surface area contributed by atoms with Crippen molar-refractivity contribution in [2.45, 2.75) is 42.3 Å². The van der Waals surface area contributed by atoms with Gasteiger partial charge in [0, 0.05) is 12.0 Å². The van der Waals surface area contributed by atoms with Crippen molar-refractivity contribution in [1.29, 1.82) is 5.26 Å². The zero-order valence-electron chi connectivity index (χ0n) is 15.1. The van der Waals surface area contributed by atoms with E-state index in [1.807, 2.05) is 32.0 Å². The van der Waals surface area contributed by atoms with Gasteiger partial charge in [0.05, 0.1) is 17.5 Å². The molecule has 27 heavy (non-hydrogen) atoms. The number of aliphatic hydroxyl groups is 1. The van der Waals surface area contributed by atoms with E-state index in [9.17, 15) is 15.2 Å². The molecule has 1 aromatic carbocycles. The Labute approximate surface area is 165 Å². The Morgan fingerprint density at radius 2 is 2.11 bits per heavy atom. The number of nitriles is 1. The summed E-state index contributed by atoms with van der Waals surface area (Å²) in [6, 6.07) is 7.47. The third kappa shape index (κ3) is 1.89. The van der Waals surface area contributed by atoms with E-state index in [0.717, 1.165) is 5.56 Å². The van der Waals surface area contributed by atoms with Crippen LogP contribution in [0.4, 0.5) is 0 Å². The smallest absolute Gasteiger partial charge is 0.256 e. The lowest BCUT2D eigenvalue weighted by Crippen LogP contribution is -2.75. The lowest BCUT2D eigenvalue weighted by molar-refractivity contribution is -0.173. The number of ether oxygens (including phenoxy) is 2. The molecule has 5 atom stereocenters. The van der Waals surface area contributed by atoms with Crippen LogP contribution in [0, 0.1) is 16.7 Å². The Morgan fingerprint density at radius 3 is 2.85 bits per heavy atom. The molecule has 4 fully saturated rings. The second kappa shape index (κ2) is 5.26. The number of likely N-dealkylation sites (N-methyl/N-ethyl adjacent to an activating group) is 1. The fourth-order valence-corrected chi connectivity index (χ4v) is 8.47. The van der Waals surface area contributed by atoms with Gasteiger partial charge >= 0.3 is 0 Å². The third-order valence-corrected chi connectivity index (χ3v) is 10.1. The molecule has 3 unspecified atom stereocenters. The molecular formula is C18H19N3O4S2. The van der Waals surface area contributed by atoms with Crippen molar-refractivity contribution in [3.05, 3.63) is 23.8 Å². The van der Waals surface area contributed by atoms with E-state index in [-0.39, 0.29) is 12.7 Å². The van der Waals surface area contributed by atoms with Gasteiger partial charge in [0.25, 0.3) is 5.91 Å². The minimum Gasteiger partial charge on any atom is -0.454 e. The minimum atomic E-state index is -0.889. The summed E-state index contributed by atoms with van der Waals surface area (Å²) in [6.07, 6.45) is -0.491. The standard InChI is InChI=1S/C18H19N3O4S2/c1-16(8-19)7-18-15(23)20(3)17(2,26-27-18)14(22)21(18)13(16)10-5-4-6-11-12(10)25-9-24-11/h4-6,13,15,23H,7,9H2,1-3H3/t13?,15-,16-,17?,18?/m1/s1. The summed E-state index contributed by atoms with van der Waals surface area (Å²) < 4.78 is 11.2. The average molecular weight is 406 g/mol. The van der Waals surface area contributed by atoms with E-state index in [2.05, 4.69) is 6.07 Å². The van der Waals surface area contributed by atoms with Crippen molar-refractivity contribution in [3.63, 3.8) is 0 Å². The highest BCUT2D eigenvalue weighted by Crippen LogP contribution is 2.71. The third-order valence-electron chi connectivity index (χ3n) is 6.27. The quantitative estimate of drug-likeness (QED) is 0.713. The summed E-state index contributed by atoms with van der Waals surface area (Å²) >= 11 is 0. The Kier molecular flexibility index (Phi) is 3.41. The van der Waals surface area contributed by atoms with Gasteiger partial charge in [0.15, 0.2) is 16.4 Å². The van der Waals surface area contributed by atoms with E-state index in [0.29, 0.717) is 17.9 Å². The number of aliphatic hydroxyl groups excluding tert-OH is 1. The molecule has 5 aliphatic rings. The first-order chi connectivity index (χ1) is 12.8. The lowest BCUT2D eigenvalue weighted by atomic mass is 9.79. The van der Waals surface area contributed by atoms with Crippen molar-refractivity contribution < 1.29 is 19.4 Å². The van der Waals surface area contributed by atoms with Crippen LogP contribution in [0.5, 0.6) is 11.5 Å². The number of hydrogen-bond acceptors (Lipinski definition) is 8. The zero-order valence-corrected chi connectivity index (χ0v) is 16.8. The zero-order chi connectivity index (χ0) is 19.2. The lowest BCUT2D eigenvalue weighted by Gasteiger charge is -2.61. The van der Waals surface area contributed by atoms with Gasteiger partial charge in [-0.25, -0.2) is 0 Å². The van der Waals surface area contributed by atoms with Gasteiger partial charge in [-0.2, -0.15) is 5.26 Å². The summed E-state index contributed by atoms with van der Waals surface area (Å²) in [6.45, 7) is 3.81. The molecule has 2 bridgehead atoms. The van der Waals surface area contributed by atoms with E-state index < -0.39 is 27.4 Å². The Bertz CT molecular complexity index is 907. The van der Waals surface area contributed by atoms with Gasteiger partial charge in [0.2, 0.25) is 6.79 Å². The maximum atomic E-state index is 13.6. The Balaban J connectivity index is 1.74. The van der Waals surface area contributed by atoms with Gasteiger partial charge in [-0.1, -0.05) is 33.7 Å². The van der Waals surface area contributed by atoms with E-state index >= 15 is 0 Å². The number of nitrogens with zero attached hydrogens (tertiary/aromatic N) is 3. The molecule has 9 heteroatoms. The molecule has 1 amide bonds. The Morgan fingerprint density at radius 1 is 1.33 bits per heavy atom. The molecule has 7 nitrogen and oxygen atoms in total. The van der Waals surface area contributed by atoms with Gasteiger partial charge in [-0.05, 0) is 27.0 Å². The van der Waals surface area contributed by atoms with Gasteiger partial charge in [0.1, 0.15) is 11.1 Å². The second-order valence-electron chi connectivity index (χ2n) is 7.84. The highest BCUT2D eigenvalue weighted by Gasteiger charge is 2.74. The second-order valence-corrected chi connectivity index (χ2v) is 10.7. The first-order valence-electron chi connectivity index (χ1n) is 8.70. The summed E-state index contributed by atoms with van der Waals surface area (Å²) in [4.78, 5) is 15.3. The molecule has 6 rings (SSSR count). The number of rotatable bonds is 1. The maximum absolute atomic E-state index is 13.6. The fraction of sp³-hybridized carbons (Fsp3) is 0.556. The summed E-state index contributed by atoms with van der Waals surface area (Å²) in [5.74, 6) is 1.12. The monoisotopic (exact) mass is 405 g/mol. The van der Waals surface area contributed by atoms with Crippen LogP contribution >= 0.6 is 21.6 Å². The van der Waals surface area contributed by atoms with Gasteiger partial charge < -0.3 is 19.5 Å². The number of carbonyl (C=O) groups is 1. The molecule has 0 radical (unpaired) electrons. The van der Waals surface area contributed by atoms with Crippen molar-refractivity contribution in [2.24, 2.45) is 5.41 Å². The number of amides is 1. The van der Waals surface area contributed by atoms with Crippen molar-refractivity contribution >= 4 is 27.5 Å². The minimum absolute atomic E-state index is 0.0838. The molecule has 142 valence electrons. The fourth-order valence-electron chi connectivity index (χ4n) is 4.74. The summed E-state index contributed by atoms with van der Waals surface area (Å²) in [5, 5.41) is 21.2. The maximum Gasteiger partial charge on any atom is 0.256 e. The molecular weight excluding hydrogens is 386 g/mol. The molecule has 0 aliphatic carbocycles. The number of para-hydroxylation sites is 1. The summed E-state index contributed by atoms with van der Waals surface area (Å²) in [7, 11) is 4.73. The molecule has 0 aromatic heterocycles. The van der Waals surface area contributed by atoms with Gasteiger partial charge in [-0.3, -0.25) is 9.69 Å². The normalized spacial score (nSPS) is 42.3. The largest absolute Gasteiger partial charge is 0.454 e. The highest BCUT2D eigenvalue weighted by molar-refractivity contribution is 8.78. The number of hydrogen-bond donors (Lipinski definition) is 1. The van der Waals surface area contributed by atoms with Crippen molar-refractivity contribution in [1.82, 2.24) is 9.80 Å². The van der Waals surface area contributed by atoms with Gasteiger partial charge in [-0.15, -0.1) is 0 Å². The van der Waals surface area contributed by atoms with Crippen LogP contribution in [-0.4, -0.2) is 50.6 Å². The van der Waals surface area contributed by atoms with Crippen molar-refractivity contribution in [3.8, 4) is 17.6 Å². The predicted octanol–water partition coefficient (Wildman–Crippen LogP) is 2.29. The van der Waals surface area contributed by atoms with Crippen molar-refractivity contribution in [2.75, 3.05) is 13.8 Å².